The van der Waals surface area contributed by atoms with Gasteiger partial charge in [0.15, 0.2) is 0 Å². The van der Waals surface area contributed by atoms with Crippen molar-refractivity contribution < 1.29 is 14.6 Å². The highest BCUT2D eigenvalue weighted by Crippen LogP contribution is 2.36. The van der Waals surface area contributed by atoms with Crippen LogP contribution in [0.3, 0.4) is 0 Å². The van der Waals surface area contributed by atoms with Crippen molar-refractivity contribution in [3.05, 3.63) is 42.0 Å². The molecule has 0 spiro atoms. The highest BCUT2D eigenvalue weighted by atomic mass is 32.2. The molecule has 0 saturated heterocycles. The number of aromatic amines is 1. The highest BCUT2D eigenvalue weighted by Gasteiger charge is 2.10. The molecule has 0 fully saturated rings. The molecule has 2 aliphatic heterocycles. The molecule has 0 saturated carbocycles. The normalized spacial score (nSPS) is 11.7. The van der Waals surface area contributed by atoms with Crippen LogP contribution in [0.2, 0.25) is 0 Å². The van der Waals surface area contributed by atoms with Gasteiger partial charge in [-0.1, -0.05) is 6.07 Å². The van der Waals surface area contributed by atoms with E-state index in [1.54, 1.807) is 13.3 Å². The van der Waals surface area contributed by atoms with Crippen molar-refractivity contribution in [3.63, 3.8) is 0 Å². The van der Waals surface area contributed by atoms with Gasteiger partial charge < -0.3 is 14.8 Å². The number of nitrogens with zero attached hydrogens (tertiary/aromatic N) is 1. The molecular weight excluding hydrogens is 276 g/mol. The molecule has 2 aromatic rings. The highest BCUT2D eigenvalue weighted by molar-refractivity contribution is 7.98. The Morgan fingerprint density at radius 1 is 1.55 bits per heavy atom. The van der Waals surface area contributed by atoms with Gasteiger partial charge in [-0.25, -0.2) is 4.98 Å². The lowest BCUT2D eigenvalue weighted by Gasteiger charge is -2.15. The van der Waals surface area contributed by atoms with Gasteiger partial charge >= 0.3 is 5.97 Å². The van der Waals surface area contributed by atoms with Crippen molar-refractivity contribution in [1.29, 1.82) is 0 Å². The molecule has 0 atom stereocenters. The summed E-state index contributed by atoms with van der Waals surface area (Å²) in [6.45, 7) is 0. The first kappa shape index (κ1) is 14.5. The van der Waals surface area contributed by atoms with E-state index in [1.807, 2.05) is 11.8 Å². The van der Waals surface area contributed by atoms with Crippen LogP contribution in [0.15, 0.2) is 35.6 Å². The van der Waals surface area contributed by atoms with E-state index in [9.17, 15) is 4.79 Å². The molecular formula is C14H16N2O3S. The van der Waals surface area contributed by atoms with Gasteiger partial charge in [-0.3, -0.25) is 4.79 Å². The lowest BCUT2D eigenvalue weighted by molar-refractivity contribution is -0.136. The maximum absolute atomic E-state index is 10.1. The Balaban J connectivity index is 0.000000147. The first-order chi connectivity index (χ1) is 9.69. The lowest BCUT2D eigenvalue weighted by Crippen LogP contribution is -1.97. The molecule has 1 aromatic heterocycles. The summed E-state index contributed by atoms with van der Waals surface area (Å²) in [6, 6.07) is 6.35. The van der Waals surface area contributed by atoms with Crippen LogP contribution in [-0.2, 0) is 17.0 Å². The number of aromatic nitrogens is 2. The van der Waals surface area contributed by atoms with Crippen LogP contribution in [-0.4, -0.2) is 28.2 Å². The molecule has 2 aliphatic rings. The molecule has 0 radical (unpaired) electrons. The molecule has 1 aromatic carbocycles. The van der Waals surface area contributed by atoms with E-state index < -0.39 is 5.97 Å². The Morgan fingerprint density at radius 2 is 2.40 bits per heavy atom. The van der Waals surface area contributed by atoms with Crippen molar-refractivity contribution in [3.8, 4) is 5.75 Å². The number of carboxylic acid groups (broad SMARTS) is 1. The quantitative estimate of drug-likeness (QED) is 0.906. The van der Waals surface area contributed by atoms with E-state index >= 15 is 0 Å². The van der Waals surface area contributed by atoms with E-state index in [4.69, 9.17) is 9.84 Å². The molecule has 3 heterocycles. The van der Waals surface area contributed by atoms with Crippen molar-refractivity contribution in [2.45, 2.75) is 23.5 Å². The number of carbonyl (C=O) groups is 1. The number of H-pyrrole nitrogens is 1. The van der Waals surface area contributed by atoms with Crippen LogP contribution in [0.4, 0.5) is 0 Å². The smallest absolute Gasteiger partial charge is 0.303 e. The van der Waals surface area contributed by atoms with E-state index in [0.29, 0.717) is 6.42 Å². The predicted molar refractivity (Wildman–Crippen MR) is 77.1 cm³/mol. The Hall–Kier alpha value is -1.95. The first-order valence-electron chi connectivity index (χ1n) is 6.18. The molecule has 106 valence electrons. The second-order valence-corrected chi connectivity index (χ2v) is 5.28. The zero-order valence-electron chi connectivity index (χ0n) is 11.1. The van der Waals surface area contributed by atoms with E-state index in [1.165, 1.54) is 16.8 Å². The summed E-state index contributed by atoms with van der Waals surface area (Å²) in [5.41, 5.74) is 2.17. The molecule has 5 nitrogen and oxygen atoms in total. The molecule has 2 N–H and O–H groups in total. The Morgan fingerprint density at radius 3 is 2.80 bits per heavy atom. The standard InChI is InChI=1S/C8H8OS.C6H8N2O2/c1-9-8-4-7-3-2-6(8)5-10-7;9-6(10)2-1-5-3-7-4-8-5/h2-4H,5H2,1H3;3-4H,1-2H2,(H,7,8)(H,9,10). The van der Waals surface area contributed by atoms with Crippen molar-refractivity contribution in [2.24, 2.45) is 0 Å². The van der Waals surface area contributed by atoms with Crippen LogP contribution < -0.4 is 4.74 Å². The number of methoxy groups -OCH3 is 1. The van der Waals surface area contributed by atoms with Crippen LogP contribution >= 0.6 is 11.8 Å². The molecule has 0 amide bonds. The van der Waals surface area contributed by atoms with E-state index in [0.717, 1.165) is 17.2 Å². The number of rotatable bonds is 4. The van der Waals surface area contributed by atoms with Gasteiger partial charge in [-0.15, -0.1) is 11.8 Å². The Labute approximate surface area is 121 Å². The van der Waals surface area contributed by atoms with Crippen LogP contribution in [0.5, 0.6) is 5.75 Å². The monoisotopic (exact) mass is 292 g/mol. The summed E-state index contributed by atoms with van der Waals surface area (Å²) >= 11 is 1.87. The Kier molecular flexibility index (Phi) is 5.06. The van der Waals surface area contributed by atoms with Gasteiger partial charge in [-0.2, -0.15) is 0 Å². The molecule has 4 rings (SSSR count). The van der Waals surface area contributed by atoms with Gasteiger partial charge in [0.2, 0.25) is 0 Å². The number of thioether (sulfide) groups is 1. The second-order valence-electron chi connectivity index (χ2n) is 4.23. The molecule has 0 unspecified atom stereocenters. The number of hydrogen-bond acceptors (Lipinski definition) is 4. The number of aliphatic carboxylic acids is 1. The number of hydrogen-bond donors (Lipinski definition) is 2. The third-order valence-corrected chi connectivity index (χ3v) is 3.86. The predicted octanol–water partition coefficient (Wildman–Crippen LogP) is 2.73. The molecule has 0 aliphatic carbocycles. The summed E-state index contributed by atoms with van der Waals surface area (Å²) in [5, 5.41) is 8.28. The summed E-state index contributed by atoms with van der Waals surface area (Å²) < 4.78 is 5.16. The fourth-order valence-electron chi connectivity index (χ4n) is 1.76. The maximum Gasteiger partial charge on any atom is 0.303 e. The zero-order valence-corrected chi connectivity index (χ0v) is 11.9. The zero-order chi connectivity index (χ0) is 14.4. The number of carboxylic acids is 1. The van der Waals surface area contributed by atoms with Crippen molar-refractivity contribution in [2.75, 3.05) is 7.11 Å². The topological polar surface area (TPSA) is 75.2 Å². The second kappa shape index (κ2) is 7.00. The number of nitrogens with one attached hydrogen (secondary N) is 1. The number of fused-ring (bicyclic) bond motifs is 3. The largest absolute Gasteiger partial charge is 0.496 e. The first-order valence-corrected chi connectivity index (χ1v) is 7.16. The SMILES string of the molecule is COc1cc2ccc1CS2.O=C(O)CCc1cnc[nH]1. The fourth-order valence-corrected chi connectivity index (χ4v) is 2.67. The molecule has 2 bridgehead atoms. The van der Waals surface area contributed by atoms with Gasteiger partial charge in [-0.05, 0) is 18.6 Å². The van der Waals surface area contributed by atoms with Crippen LogP contribution in [0, 0.1) is 0 Å². The Bertz CT molecular complexity index is 570. The van der Waals surface area contributed by atoms with Crippen LogP contribution in [0.25, 0.3) is 0 Å². The number of ether oxygens (including phenoxy) is 1. The van der Waals surface area contributed by atoms with Crippen LogP contribution in [0.1, 0.15) is 17.7 Å². The minimum atomic E-state index is -0.783. The fraction of sp³-hybridized carbons (Fsp3) is 0.286. The van der Waals surface area contributed by atoms with Crippen molar-refractivity contribution >= 4 is 17.7 Å². The summed E-state index contributed by atoms with van der Waals surface area (Å²) in [4.78, 5) is 17.9. The average molecular weight is 292 g/mol. The summed E-state index contributed by atoms with van der Waals surface area (Å²) in [7, 11) is 1.72. The van der Waals surface area contributed by atoms with E-state index in [-0.39, 0.29) is 6.42 Å². The number of benzene rings is 1. The molecule has 20 heavy (non-hydrogen) atoms. The maximum atomic E-state index is 10.1. The average Bonchev–Trinajstić information content (AvgIpc) is 3.00. The minimum absolute atomic E-state index is 0.155. The number of aryl methyl sites for hydroxylation is 1. The van der Waals surface area contributed by atoms with Gasteiger partial charge in [0.25, 0.3) is 0 Å². The molecule has 6 heteroatoms. The van der Waals surface area contributed by atoms with Gasteiger partial charge in [0.1, 0.15) is 5.75 Å². The summed E-state index contributed by atoms with van der Waals surface area (Å²) in [5.74, 6) is 1.33. The van der Waals surface area contributed by atoms with Gasteiger partial charge in [0.05, 0.1) is 19.9 Å². The summed E-state index contributed by atoms with van der Waals surface area (Å²) in [6.07, 6.45) is 3.84. The lowest BCUT2D eigenvalue weighted by atomic mass is 10.2. The number of imidazole rings is 1. The third-order valence-electron chi connectivity index (χ3n) is 2.82. The van der Waals surface area contributed by atoms with E-state index in [2.05, 4.69) is 28.2 Å². The minimum Gasteiger partial charge on any atom is -0.496 e. The third kappa shape index (κ3) is 4.03. The van der Waals surface area contributed by atoms with Gasteiger partial charge in [0, 0.05) is 28.1 Å². The van der Waals surface area contributed by atoms with Crippen molar-refractivity contribution in [1.82, 2.24) is 9.97 Å².